The van der Waals surface area contributed by atoms with Crippen LogP contribution in [0.25, 0.3) is 11.1 Å². The Balaban J connectivity index is 1.40. The van der Waals surface area contributed by atoms with E-state index >= 15 is 8.78 Å². The second-order valence-corrected chi connectivity index (χ2v) is 9.63. The minimum atomic E-state index is -0.721. The van der Waals surface area contributed by atoms with Gasteiger partial charge < -0.3 is 19.1 Å². The van der Waals surface area contributed by atoms with E-state index in [4.69, 9.17) is 14.2 Å². The van der Waals surface area contributed by atoms with Gasteiger partial charge >= 0.3 is 5.97 Å². The highest BCUT2D eigenvalue weighted by Crippen LogP contribution is 2.37. The third-order valence-electron chi connectivity index (χ3n) is 6.72. The highest BCUT2D eigenvalue weighted by molar-refractivity contribution is 5.72. The fourth-order valence-corrected chi connectivity index (χ4v) is 4.73. The quantitative estimate of drug-likeness (QED) is 0.218. The molecule has 0 atom stereocenters. The summed E-state index contributed by atoms with van der Waals surface area (Å²) in [5, 5.41) is 0. The van der Waals surface area contributed by atoms with Crippen LogP contribution in [0.3, 0.4) is 0 Å². The van der Waals surface area contributed by atoms with Gasteiger partial charge in [0.05, 0.1) is 11.1 Å². The average molecular weight is 545 g/mol. The van der Waals surface area contributed by atoms with Crippen molar-refractivity contribution < 1.29 is 27.8 Å². The van der Waals surface area contributed by atoms with Crippen LogP contribution in [0.4, 0.5) is 14.5 Å². The first-order chi connectivity index (χ1) is 19.5. The van der Waals surface area contributed by atoms with Gasteiger partial charge in [-0.1, -0.05) is 60.7 Å². The van der Waals surface area contributed by atoms with Crippen molar-refractivity contribution >= 4 is 11.7 Å². The van der Waals surface area contributed by atoms with Gasteiger partial charge in [0.1, 0.15) is 31.0 Å². The predicted molar refractivity (Wildman–Crippen MR) is 148 cm³/mol. The topological polar surface area (TPSA) is 60.9 Å². The summed E-state index contributed by atoms with van der Waals surface area (Å²) in [7, 11) is 0. The van der Waals surface area contributed by atoms with E-state index in [2.05, 4.69) is 4.98 Å². The third kappa shape index (κ3) is 6.75. The molecule has 0 aliphatic carbocycles. The Labute approximate surface area is 232 Å². The molecule has 0 radical (unpaired) electrons. The standard InChI is InChI=1S/C32H30F2N2O4/c1-22(37)40-26-14-16-36(17-15-26)25-18-28(33)31(29(34)19-25)27-12-13-30(38-20-23-8-4-2-5-9-23)35-32(27)39-21-24-10-6-3-7-11-24/h2-13,18-19,26H,14-17,20-21H2,1H3. The van der Waals surface area contributed by atoms with Gasteiger partial charge in [-0.05, 0) is 29.3 Å². The van der Waals surface area contributed by atoms with Crippen molar-refractivity contribution in [3.8, 4) is 22.9 Å². The number of piperidine rings is 1. The zero-order valence-corrected chi connectivity index (χ0v) is 22.2. The molecule has 0 spiro atoms. The molecule has 0 saturated carbocycles. The monoisotopic (exact) mass is 544 g/mol. The van der Waals surface area contributed by atoms with Crippen molar-refractivity contribution in [3.05, 3.63) is 108 Å². The summed E-state index contributed by atoms with van der Waals surface area (Å²) in [6, 6.07) is 24.9. The van der Waals surface area contributed by atoms with Gasteiger partial charge in [0.15, 0.2) is 0 Å². The van der Waals surface area contributed by atoms with Crippen LogP contribution in [0.5, 0.6) is 11.8 Å². The number of nitrogens with zero attached hydrogens (tertiary/aromatic N) is 2. The molecule has 6 nitrogen and oxygen atoms in total. The van der Waals surface area contributed by atoms with Crippen molar-refractivity contribution in [1.82, 2.24) is 4.98 Å². The van der Waals surface area contributed by atoms with Crippen LogP contribution < -0.4 is 14.4 Å². The summed E-state index contributed by atoms with van der Waals surface area (Å²) in [5.41, 5.74) is 2.26. The molecule has 1 aromatic heterocycles. The van der Waals surface area contributed by atoms with Crippen LogP contribution in [-0.2, 0) is 22.7 Å². The summed E-state index contributed by atoms with van der Waals surface area (Å²) in [4.78, 5) is 17.6. The lowest BCUT2D eigenvalue weighted by atomic mass is 10.0. The molecule has 4 aromatic rings. The van der Waals surface area contributed by atoms with E-state index in [9.17, 15) is 4.79 Å². The van der Waals surface area contributed by atoms with Gasteiger partial charge in [-0.25, -0.2) is 8.78 Å². The molecule has 1 saturated heterocycles. The smallest absolute Gasteiger partial charge is 0.302 e. The number of ether oxygens (including phenoxy) is 3. The van der Waals surface area contributed by atoms with Crippen molar-refractivity contribution in [2.75, 3.05) is 18.0 Å². The van der Waals surface area contributed by atoms with E-state index in [-0.39, 0.29) is 48.2 Å². The molecule has 3 aromatic carbocycles. The van der Waals surface area contributed by atoms with E-state index in [1.807, 2.05) is 65.6 Å². The molecule has 0 N–H and O–H groups in total. The van der Waals surface area contributed by atoms with Gasteiger partial charge in [0.25, 0.3) is 0 Å². The molecule has 5 rings (SSSR count). The third-order valence-corrected chi connectivity index (χ3v) is 6.72. The molecular formula is C32H30F2N2O4. The van der Waals surface area contributed by atoms with Crippen molar-refractivity contribution in [2.45, 2.75) is 39.1 Å². The number of hydrogen-bond donors (Lipinski definition) is 0. The summed E-state index contributed by atoms with van der Waals surface area (Å²) >= 11 is 0. The Bertz CT molecular complexity index is 1420. The van der Waals surface area contributed by atoms with Crippen molar-refractivity contribution in [1.29, 1.82) is 0 Å². The maximum atomic E-state index is 15.6. The number of anilines is 1. The molecule has 1 fully saturated rings. The zero-order chi connectivity index (χ0) is 27.9. The Kier molecular flexibility index (Phi) is 8.54. The molecule has 0 unspecified atom stereocenters. The number of carbonyl (C=O) groups excluding carboxylic acids is 1. The van der Waals surface area contributed by atoms with E-state index < -0.39 is 11.6 Å². The van der Waals surface area contributed by atoms with Crippen LogP contribution in [0.1, 0.15) is 30.9 Å². The molecular weight excluding hydrogens is 514 g/mol. The van der Waals surface area contributed by atoms with E-state index in [0.717, 1.165) is 11.1 Å². The maximum absolute atomic E-state index is 15.6. The second-order valence-electron chi connectivity index (χ2n) is 9.63. The Morgan fingerprint density at radius 2 is 1.43 bits per heavy atom. The first-order valence-electron chi connectivity index (χ1n) is 13.2. The van der Waals surface area contributed by atoms with E-state index in [0.29, 0.717) is 31.6 Å². The Morgan fingerprint density at radius 3 is 2.00 bits per heavy atom. The second kappa shape index (κ2) is 12.6. The van der Waals surface area contributed by atoms with Gasteiger partial charge in [-0.3, -0.25) is 4.79 Å². The Morgan fingerprint density at radius 1 is 0.850 bits per heavy atom. The molecule has 206 valence electrons. The van der Waals surface area contributed by atoms with Crippen molar-refractivity contribution in [2.24, 2.45) is 0 Å². The van der Waals surface area contributed by atoms with Crippen molar-refractivity contribution in [3.63, 3.8) is 0 Å². The number of halogens is 2. The van der Waals surface area contributed by atoms with Crippen LogP contribution in [-0.4, -0.2) is 30.1 Å². The van der Waals surface area contributed by atoms with Gasteiger partial charge in [-0.15, -0.1) is 0 Å². The normalized spacial score (nSPS) is 13.6. The molecule has 40 heavy (non-hydrogen) atoms. The summed E-state index contributed by atoms with van der Waals surface area (Å²) in [6.07, 6.45) is 1.01. The number of benzene rings is 3. The van der Waals surface area contributed by atoms with Gasteiger partial charge in [0.2, 0.25) is 11.8 Å². The molecule has 2 heterocycles. The summed E-state index contributed by atoms with van der Waals surface area (Å²) in [6.45, 7) is 2.89. The summed E-state index contributed by atoms with van der Waals surface area (Å²) in [5.74, 6) is -1.41. The first-order valence-corrected chi connectivity index (χ1v) is 13.2. The fourth-order valence-electron chi connectivity index (χ4n) is 4.73. The number of rotatable bonds is 9. The summed E-state index contributed by atoms with van der Waals surface area (Å²) < 4.78 is 48.2. The fraction of sp³-hybridized carbons (Fsp3) is 0.250. The number of carbonyl (C=O) groups is 1. The van der Waals surface area contributed by atoms with Crippen LogP contribution in [0.15, 0.2) is 84.9 Å². The largest absolute Gasteiger partial charge is 0.473 e. The van der Waals surface area contributed by atoms with Crippen LogP contribution in [0, 0.1) is 11.6 Å². The number of esters is 1. The lowest BCUT2D eigenvalue weighted by Gasteiger charge is -2.33. The van der Waals surface area contributed by atoms with E-state index in [1.165, 1.54) is 19.1 Å². The molecule has 8 heteroatoms. The number of hydrogen-bond acceptors (Lipinski definition) is 6. The molecule has 0 amide bonds. The highest BCUT2D eigenvalue weighted by atomic mass is 19.1. The lowest BCUT2D eigenvalue weighted by molar-refractivity contribution is -0.147. The maximum Gasteiger partial charge on any atom is 0.302 e. The SMILES string of the molecule is CC(=O)OC1CCN(c2cc(F)c(-c3ccc(OCc4ccccc4)nc3OCc3ccccc3)c(F)c2)CC1. The zero-order valence-electron chi connectivity index (χ0n) is 22.2. The number of aromatic nitrogens is 1. The molecule has 1 aliphatic heterocycles. The minimum absolute atomic E-state index is 0.0714. The predicted octanol–water partition coefficient (Wildman–Crippen LogP) is 6.72. The number of pyridine rings is 1. The van der Waals surface area contributed by atoms with Gasteiger partial charge in [0, 0.05) is 44.6 Å². The van der Waals surface area contributed by atoms with Crippen LogP contribution in [0.2, 0.25) is 0 Å². The average Bonchev–Trinajstić information content (AvgIpc) is 2.96. The lowest BCUT2D eigenvalue weighted by Crippen LogP contribution is -2.37. The van der Waals surface area contributed by atoms with E-state index in [1.54, 1.807) is 12.1 Å². The molecule has 0 bridgehead atoms. The molecule has 1 aliphatic rings. The Hall–Kier alpha value is -4.46. The van der Waals surface area contributed by atoms with Crippen LogP contribution >= 0.6 is 0 Å². The highest BCUT2D eigenvalue weighted by Gasteiger charge is 2.25. The first kappa shape index (κ1) is 27.1. The minimum Gasteiger partial charge on any atom is -0.473 e. The van der Waals surface area contributed by atoms with Gasteiger partial charge in [-0.2, -0.15) is 4.98 Å².